The summed E-state index contributed by atoms with van der Waals surface area (Å²) in [6.07, 6.45) is 0. The number of anilines is 1. The average Bonchev–Trinajstić information content (AvgIpc) is 2.28. The molecular formula is C13H17ClN2O2. The van der Waals surface area contributed by atoms with Crippen LogP contribution in [0.15, 0.2) is 24.3 Å². The minimum absolute atomic E-state index is 0.0144. The van der Waals surface area contributed by atoms with E-state index in [0.29, 0.717) is 10.7 Å². The molecule has 0 aliphatic carbocycles. The molecule has 0 fully saturated rings. The number of rotatable bonds is 4. The number of carbonyl (C=O) groups excluding carboxylic acids is 2. The van der Waals surface area contributed by atoms with Crippen molar-refractivity contribution in [3.05, 3.63) is 29.3 Å². The van der Waals surface area contributed by atoms with Gasteiger partial charge in [-0.1, -0.05) is 23.7 Å². The molecule has 1 aromatic carbocycles. The van der Waals surface area contributed by atoms with Crippen molar-refractivity contribution in [2.45, 2.75) is 26.8 Å². The molecular weight excluding hydrogens is 252 g/mol. The van der Waals surface area contributed by atoms with Crippen LogP contribution in [-0.2, 0) is 9.59 Å². The van der Waals surface area contributed by atoms with E-state index in [-0.39, 0.29) is 24.4 Å². The Hall–Kier alpha value is -1.55. The van der Waals surface area contributed by atoms with Gasteiger partial charge in [0.25, 0.3) is 0 Å². The summed E-state index contributed by atoms with van der Waals surface area (Å²) in [4.78, 5) is 24.7. The third-order valence-electron chi connectivity index (χ3n) is 2.49. The van der Waals surface area contributed by atoms with Gasteiger partial charge >= 0.3 is 0 Å². The van der Waals surface area contributed by atoms with Crippen LogP contribution in [-0.4, -0.2) is 29.3 Å². The first-order valence-corrected chi connectivity index (χ1v) is 6.11. The molecule has 1 rings (SSSR count). The lowest BCUT2D eigenvalue weighted by molar-refractivity contribution is -0.134. The number of carbonyl (C=O) groups is 2. The molecule has 0 heterocycles. The number of nitrogens with zero attached hydrogens (tertiary/aromatic N) is 1. The summed E-state index contributed by atoms with van der Waals surface area (Å²) in [7, 11) is 0. The summed E-state index contributed by atoms with van der Waals surface area (Å²) in [6, 6.07) is 6.97. The van der Waals surface area contributed by atoms with Gasteiger partial charge in [-0.2, -0.15) is 0 Å². The zero-order valence-corrected chi connectivity index (χ0v) is 11.5. The van der Waals surface area contributed by atoms with Gasteiger partial charge in [-0.3, -0.25) is 9.59 Å². The molecule has 4 nitrogen and oxygen atoms in total. The molecule has 0 radical (unpaired) electrons. The standard InChI is InChI=1S/C13H17ClN2O2/c1-9(2)16(10(3)17)8-13(18)15-12-7-5-4-6-11(12)14/h4-7,9H,8H2,1-3H3,(H,15,18). The lowest BCUT2D eigenvalue weighted by atomic mass is 10.3. The predicted octanol–water partition coefficient (Wildman–Crippen LogP) is 2.54. The van der Waals surface area contributed by atoms with Crippen LogP contribution < -0.4 is 5.32 Å². The smallest absolute Gasteiger partial charge is 0.244 e. The van der Waals surface area contributed by atoms with Crippen molar-refractivity contribution in [3.63, 3.8) is 0 Å². The molecule has 0 unspecified atom stereocenters. The lowest BCUT2D eigenvalue weighted by Gasteiger charge is -2.24. The van der Waals surface area contributed by atoms with Crippen molar-refractivity contribution in [2.75, 3.05) is 11.9 Å². The van der Waals surface area contributed by atoms with E-state index in [1.165, 1.54) is 11.8 Å². The summed E-state index contributed by atoms with van der Waals surface area (Å²) >= 11 is 5.93. The van der Waals surface area contributed by atoms with E-state index in [0.717, 1.165) is 0 Å². The Morgan fingerprint density at radius 3 is 2.44 bits per heavy atom. The Labute approximate surface area is 112 Å². The van der Waals surface area contributed by atoms with Gasteiger partial charge in [0.05, 0.1) is 10.7 Å². The Bertz CT molecular complexity index is 446. The van der Waals surface area contributed by atoms with Crippen LogP contribution in [0.1, 0.15) is 20.8 Å². The summed E-state index contributed by atoms with van der Waals surface area (Å²) in [5.41, 5.74) is 0.552. The maximum atomic E-state index is 11.8. The third-order valence-corrected chi connectivity index (χ3v) is 2.82. The van der Waals surface area contributed by atoms with E-state index < -0.39 is 0 Å². The second kappa shape index (κ2) is 6.40. The van der Waals surface area contributed by atoms with Crippen molar-refractivity contribution in [1.82, 2.24) is 4.90 Å². The van der Waals surface area contributed by atoms with Crippen molar-refractivity contribution < 1.29 is 9.59 Å². The van der Waals surface area contributed by atoms with E-state index >= 15 is 0 Å². The molecule has 0 aliphatic rings. The first-order valence-electron chi connectivity index (χ1n) is 5.73. The lowest BCUT2D eigenvalue weighted by Crippen LogP contribution is -2.41. The molecule has 1 N–H and O–H groups in total. The van der Waals surface area contributed by atoms with Gasteiger partial charge in [-0.05, 0) is 26.0 Å². The normalized spacial score (nSPS) is 10.3. The van der Waals surface area contributed by atoms with Gasteiger partial charge in [0.1, 0.15) is 6.54 Å². The van der Waals surface area contributed by atoms with Crippen LogP contribution in [0.2, 0.25) is 5.02 Å². The quantitative estimate of drug-likeness (QED) is 0.912. The molecule has 18 heavy (non-hydrogen) atoms. The number of para-hydroxylation sites is 1. The second-order valence-electron chi connectivity index (χ2n) is 4.27. The fraction of sp³-hybridized carbons (Fsp3) is 0.385. The monoisotopic (exact) mass is 268 g/mol. The first-order chi connectivity index (χ1) is 8.41. The molecule has 2 amide bonds. The number of nitrogens with one attached hydrogen (secondary N) is 1. The van der Waals surface area contributed by atoms with Gasteiger partial charge in [0.15, 0.2) is 0 Å². The fourth-order valence-corrected chi connectivity index (χ4v) is 1.75. The Morgan fingerprint density at radius 2 is 1.94 bits per heavy atom. The fourth-order valence-electron chi connectivity index (χ4n) is 1.56. The van der Waals surface area contributed by atoms with Gasteiger partial charge in [-0.25, -0.2) is 0 Å². The van der Waals surface area contributed by atoms with Crippen LogP contribution in [0.25, 0.3) is 0 Å². The molecule has 0 atom stereocenters. The van der Waals surface area contributed by atoms with Gasteiger partial charge < -0.3 is 10.2 Å². The van der Waals surface area contributed by atoms with E-state index in [1.54, 1.807) is 24.3 Å². The molecule has 0 aliphatic heterocycles. The van der Waals surface area contributed by atoms with Crippen molar-refractivity contribution in [2.24, 2.45) is 0 Å². The topological polar surface area (TPSA) is 49.4 Å². The second-order valence-corrected chi connectivity index (χ2v) is 4.68. The highest BCUT2D eigenvalue weighted by molar-refractivity contribution is 6.33. The number of amides is 2. The molecule has 98 valence electrons. The van der Waals surface area contributed by atoms with Crippen molar-refractivity contribution >= 4 is 29.1 Å². The summed E-state index contributed by atoms with van der Waals surface area (Å²) in [6.45, 7) is 5.20. The molecule has 0 saturated carbocycles. The maximum absolute atomic E-state index is 11.8. The van der Waals surface area contributed by atoms with Gasteiger partial charge in [0, 0.05) is 13.0 Å². The number of halogens is 1. The highest BCUT2D eigenvalue weighted by Gasteiger charge is 2.17. The van der Waals surface area contributed by atoms with Crippen molar-refractivity contribution in [3.8, 4) is 0 Å². The first kappa shape index (κ1) is 14.5. The van der Waals surface area contributed by atoms with E-state index in [2.05, 4.69) is 5.32 Å². The van der Waals surface area contributed by atoms with E-state index in [9.17, 15) is 9.59 Å². The minimum Gasteiger partial charge on any atom is -0.331 e. The Balaban J connectivity index is 2.67. The minimum atomic E-state index is -0.257. The number of hydrogen-bond donors (Lipinski definition) is 1. The van der Waals surface area contributed by atoms with E-state index in [1.807, 2.05) is 13.8 Å². The molecule has 0 bridgehead atoms. The third kappa shape index (κ3) is 4.04. The van der Waals surface area contributed by atoms with Crippen LogP contribution >= 0.6 is 11.6 Å². The summed E-state index contributed by atoms with van der Waals surface area (Å²) in [5, 5.41) is 3.16. The van der Waals surface area contributed by atoms with Crippen molar-refractivity contribution in [1.29, 1.82) is 0 Å². The van der Waals surface area contributed by atoms with Crippen LogP contribution in [0.5, 0.6) is 0 Å². The zero-order valence-electron chi connectivity index (χ0n) is 10.7. The molecule has 0 saturated heterocycles. The SMILES string of the molecule is CC(=O)N(CC(=O)Nc1ccccc1Cl)C(C)C. The summed E-state index contributed by atoms with van der Waals surface area (Å²) in [5.74, 6) is -0.383. The molecule has 0 spiro atoms. The van der Waals surface area contributed by atoms with Gasteiger partial charge in [-0.15, -0.1) is 0 Å². The maximum Gasteiger partial charge on any atom is 0.244 e. The molecule has 5 heteroatoms. The zero-order chi connectivity index (χ0) is 13.7. The number of benzene rings is 1. The summed E-state index contributed by atoms with van der Waals surface area (Å²) < 4.78 is 0. The predicted molar refractivity (Wildman–Crippen MR) is 72.6 cm³/mol. The highest BCUT2D eigenvalue weighted by atomic mass is 35.5. The highest BCUT2D eigenvalue weighted by Crippen LogP contribution is 2.20. The Morgan fingerprint density at radius 1 is 1.33 bits per heavy atom. The molecule has 1 aromatic rings. The van der Waals surface area contributed by atoms with Crippen LogP contribution in [0, 0.1) is 0 Å². The average molecular weight is 269 g/mol. The molecule has 0 aromatic heterocycles. The van der Waals surface area contributed by atoms with Gasteiger partial charge in [0.2, 0.25) is 11.8 Å². The van der Waals surface area contributed by atoms with Crippen LogP contribution in [0.4, 0.5) is 5.69 Å². The van der Waals surface area contributed by atoms with E-state index in [4.69, 9.17) is 11.6 Å². The van der Waals surface area contributed by atoms with Crippen LogP contribution in [0.3, 0.4) is 0 Å². The Kier molecular flexibility index (Phi) is 5.16. The number of hydrogen-bond acceptors (Lipinski definition) is 2. The largest absolute Gasteiger partial charge is 0.331 e.